The summed E-state index contributed by atoms with van der Waals surface area (Å²) in [5.74, 6) is -2.53. The first-order valence-electron chi connectivity index (χ1n) is 10.9. The van der Waals surface area contributed by atoms with Gasteiger partial charge in [0.1, 0.15) is 17.9 Å². The van der Waals surface area contributed by atoms with E-state index in [1.807, 2.05) is 0 Å². The van der Waals surface area contributed by atoms with Gasteiger partial charge in [0.2, 0.25) is 11.8 Å². The zero-order valence-corrected chi connectivity index (χ0v) is 20.5. The van der Waals surface area contributed by atoms with Gasteiger partial charge in [0.25, 0.3) is 5.56 Å². The van der Waals surface area contributed by atoms with E-state index >= 15 is 8.78 Å². The van der Waals surface area contributed by atoms with Gasteiger partial charge in [0.05, 0.1) is 27.3 Å². The van der Waals surface area contributed by atoms with Crippen LogP contribution in [-0.4, -0.2) is 39.4 Å². The highest BCUT2D eigenvalue weighted by Crippen LogP contribution is 2.43. The molecule has 1 saturated heterocycles. The molecule has 188 valence electrons. The van der Waals surface area contributed by atoms with Crippen LogP contribution in [0.2, 0.25) is 10.0 Å². The summed E-state index contributed by atoms with van der Waals surface area (Å²) in [5.41, 5.74) is 3.13. The Bertz CT molecular complexity index is 1480. The number of allylic oxidation sites excluding steroid dienone is 1. The van der Waals surface area contributed by atoms with Gasteiger partial charge in [0.15, 0.2) is 5.82 Å². The topological polar surface area (TPSA) is 110 Å². The average Bonchev–Trinajstić information content (AvgIpc) is 3.23. The van der Waals surface area contributed by atoms with Crippen molar-refractivity contribution in [1.82, 2.24) is 14.5 Å². The lowest BCUT2D eigenvalue weighted by Gasteiger charge is -2.33. The predicted molar refractivity (Wildman–Crippen MR) is 133 cm³/mol. The molecule has 2 heterocycles. The number of amides is 2. The van der Waals surface area contributed by atoms with E-state index in [4.69, 9.17) is 28.9 Å². The summed E-state index contributed by atoms with van der Waals surface area (Å²) < 4.78 is 31.2. The number of likely N-dealkylation sites (tertiary alicyclic amines) is 1. The van der Waals surface area contributed by atoms with Gasteiger partial charge in [-0.25, -0.2) is 13.8 Å². The summed E-state index contributed by atoms with van der Waals surface area (Å²) in [6.45, 7) is 1.51. The van der Waals surface area contributed by atoms with Crippen LogP contribution in [0.3, 0.4) is 0 Å². The summed E-state index contributed by atoms with van der Waals surface area (Å²) >= 11 is 12.6. The molecule has 4 rings (SSSR count). The van der Waals surface area contributed by atoms with Crippen molar-refractivity contribution in [2.45, 2.75) is 25.4 Å². The molecule has 0 radical (unpaired) electrons. The minimum Gasteiger partial charge on any atom is -0.373 e. The van der Waals surface area contributed by atoms with Gasteiger partial charge in [-0.3, -0.25) is 19.0 Å². The smallest absolute Gasteiger partial charge is 0.261 e. The average molecular weight is 536 g/mol. The van der Waals surface area contributed by atoms with Gasteiger partial charge in [-0.1, -0.05) is 29.3 Å². The second kappa shape index (κ2) is 9.87. The van der Waals surface area contributed by atoms with Crippen LogP contribution < -0.4 is 16.6 Å². The zero-order chi connectivity index (χ0) is 26.2. The van der Waals surface area contributed by atoms with Crippen molar-refractivity contribution in [3.8, 4) is 0 Å². The lowest BCUT2D eigenvalue weighted by Crippen LogP contribution is -2.41. The highest BCUT2D eigenvalue weighted by molar-refractivity contribution is 6.42. The Morgan fingerprint density at radius 1 is 1.25 bits per heavy atom. The SMILES string of the molecule is C/C=C/C(=O)N1CC[C@@](Nc2cc(F)c3ncn(CC(N)=O)c(=O)c3c2)(c2c(F)ccc(Cl)c2Cl)C1. The summed E-state index contributed by atoms with van der Waals surface area (Å²) in [7, 11) is 0. The van der Waals surface area contributed by atoms with E-state index in [0.29, 0.717) is 0 Å². The minimum absolute atomic E-state index is 0.00818. The highest BCUT2D eigenvalue weighted by Gasteiger charge is 2.44. The molecular formula is C24H21Cl2F2N5O3. The third-order valence-electron chi connectivity index (χ3n) is 6.00. The maximum Gasteiger partial charge on any atom is 0.261 e. The largest absolute Gasteiger partial charge is 0.373 e. The molecule has 1 aliphatic heterocycles. The molecule has 1 aromatic heterocycles. The van der Waals surface area contributed by atoms with Gasteiger partial charge in [-0.05, 0) is 43.7 Å². The quantitative estimate of drug-likeness (QED) is 0.370. The third kappa shape index (κ3) is 4.66. The van der Waals surface area contributed by atoms with Gasteiger partial charge in [0, 0.05) is 24.3 Å². The van der Waals surface area contributed by atoms with E-state index in [9.17, 15) is 14.4 Å². The number of benzene rings is 2. The van der Waals surface area contributed by atoms with Crippen molar-refractivity contribution in [3.63, 3.8) is 0 Å². The molecule has 36 heavy (non-hydrogen) atoms. The normalized spacial score (nSPS) is 17.8. The predicted octanol–water partition coefficient (Wildman–Crippen LogP) is 3.58. The van der Waals surface area contributed by atoms with Crippen LogP contribution in [0.4, 0.5) is 14.5 Å². The molecule has 2 aromatic carbocycles. The Labute approximate surface area is 214 Å². The van der Waals surface area contributed by atoms with Crippen molar-refractivity contribution in [1.29, 1.82) is 0 Å². The Morgan fingerprint density at radius 3 is 2.69 bits per heavy atom. The number of primary amides is 1. The van der Waals surface area contributed by atoms with E-state index in [0.717, 1.165) is 23.0 Å². The number of aromatic nitrogens is 2. The van der Waals surface area contributed by atoms with Crippen molar-refractivity contribution >= 4 is 51.6 Å². The van der Waals surface area contributed by atoms with Crippen LogP contribution in [0, 0.1) is 11.6 Å². The van der Waals surface area contributed by atoms with E-state index in [2.05, 4.69) is 10.3 Å². The Hall–Kier alpha value is -3.50. The molecule has 0 spiro atoms. The lowest BCUT2D eigenvalue weighted by atomic mass is 9.87. The molecule has 1 fully saturated rings. The van der Waals surface area contributed by atoms with Crippen molar-refractivity contribution in [2.75, 3.05) is 18.4 Å². The molecule has 0 unspecified atom stereocenters. The Kier molecular flexibility index (Phi) is 7.01. The number of nitrogens with zero attached hydrogens (tertiary/aromatic N) is 3. The minimum atomic E-state index is -1.29. The monoisotopic (exact) mass is 535 g/mol. The fraction of sp³-hybridized carbons (Fsp3) is 0.250. The van der Waals surface area contributed by atoms with Gasteiger partial charge >= 0.3 is 0 Å². The van der Waals surface area contributed by atoms with Crippen LogP contribution in [0.1, 0.15) is 18.9 Å². The van der Waals surface area contributed by atoms with Crippen LogP contribution >= 0.6 is 23.2 Å². The number of halogens is 4. The number of anilines is 1. The number of nitrogens with one attached hydrogen (secondary N) is 1. The number of carbonyl (C=O) groups excluding carboxylic acids is 2. The molecule has 1 atom stereocenters. The molecule has 8 nitrogen and oxygen atoms in total. The van der Waals surface area contributed by atoms with E-state index < -0.39 is 35.2 Å². The molecular weight excluding hydrogens is 515 g/mol. The Balaban J connectivity index is 1.86. The molecule has 12 heteroatoms. The molecule has 1 aliphatic rings. The summed E-state index contributed by atoms with van der Waals surface area (Å²) in [6, 6.07) is 4.94. The van der Waals surface area contributed by atoms with Gasteiger partial charge in [-0.2, -0.15) is 0 Å². The van der Waals surface area contributed by atoms with Crippen molar-refractivity contribution in [2.24, 2.45) is 5.73 Å². The number of fused-ring (bicyclic) bond motifs is 1. The number of hydrogen-bond donors (Lipinski definition) is 2. The number of nitrogens with two attached hydrogens (primary N) is 1. The zero-order valence-electron chi connectivity index (χ0n) is 19.0. The number of rotatable bonds is 6. The molecule has 0 bridgehead atoms. The van der Waals surface area contributed by atoms with Crippen LogP contribution in [-0.2, 0) is 21.7 Å². The maximum absolute atomic E-state index is 15.2. The summed E-state index contributed by atoms with van der Waals surface area (Å²) in [5, 5.41) is 3.06. The van der Waals surface area contributed by atoms with E-state index in [-0.39, 0.29) is 57.6 Å². The van der Waals surface area contributed by atoms with Crippen LogP contribution in [0.15, 0.2) is 47.5 Å². The number of hydrogen-bond acceptors (Lipinski definition) is 5. The van der Waals surface area contributed by atoms with Crippen LogP contribution in [0.5, 0.6) is 0 Å². The lowest BCUT2D eigenvalue weighted by molar-refractivity contribution is -0.125. The van der Waals surface area contributed by atoms with Gasteiger partial charge < -0.3 is 16.0 Å². The molecule has 0 aliphatic carbocycles. The van der Waals surface area contributed by atoms with Crippen molar-refractivity contribution in [3.05, 3.63) is 80.3 Å². The van der Waals surface area contributed by atoms with E-state index in [1.54, 1.807) is 13.0 Å². The fourth-order valence-corrected chi connectivity index (χ4v) is 4.93. The second-order valence-corrected chi connectivity index (χ2v) is 9.22. The second-order valence-electron chi connectivity index (χ2n) is 8.43. The van der Waals surface area contributed by atoms with Crippen LogP contribution in [0.25, 0.3) is 10.9 Å². The first-order valence-corrected chi connectivity index (χ1v) is 11.6. The summed E-state index contributed by atoms with van der Waals surface area (Å²) in [6.07, 6.45) is 4.22. The molecule has 0 saturated carbocycles. The standard InChI is InChI=1S/C24H21Cl2F2N5O3/c1-2-3-19(35)32-7-6-24(11-32,20-16(27)5-4-15(25)21(20)26)31-13-8-14-22(17(28)9-13)30-12-33(23(14)36)10-18(29)34/h2-5,8-9,12,31H,6-7,10-11H2,1H3,(H2,29,34)/b3-2+/t24-/m0/s1. The van der Waals surface area contributed by atoms with E-state index in [1.165, 1.54) is 23.1 Å². The van der Waals surface area contributed by atoms with Gasteiger partial charge in [-0.15, -0.1) is 0 Å². The summed E-state index contributed by atoms with van der Waals surface area (Å²) in [4.78, 5) is 42.2. The fourth-order valence-electron chi connectivity index (χ4n) is 4.44. The highest BCUT2D eigenvalue weighted by atomic mass is 35.5. The third-order valence-corrected chi connectivity index (χ3v) is 6.81. The number of carbonyl (C=O) groups is 2. The molecule has 3 N–H and O–H groups in total. The Morgan fingerprint density at radius 2 is 2.00 bits per heavy atom. The first kappa shape index (κ1) is 25.6. The molecule has 2 amide bonds. The first-order chi connectivity index (χ1) is 17.1. The molecule has 3 aromatic rings. The maximum atomic E-state index is 15.2. The van der Waals surface area contributed by atoms with Crippen molar-refractivity contribution < 1.29 is 18.4 Å².